The molecule has 18 heavy (non-hydrogen) atoms. The molecule has 0 amide bonds. The molecule has 0 aliphatic carbocycles. The van der Waals surface area contributed by atoms with Crippen LogP contribution < -0.4 is 29.6 Å². The monoisotopic (exact) mass is 288 g/mol. The molecule has 6 heteroatoms. The first kappa shape index (κ1) is 21.2. The van der Waals surface area contributed by atoms with Crippen LogP contribution in [-0.4, -0.2) is 29.9 Å². The molecule has 0 saturated carbocycles. The second-order valence-corrected chi connectivity index (χ2v) is 6.14. The molecular formula is C12H25NaO4S. The quantitative estimate of drug-likeness (QED) is 0.314. The van der Waals surface area contributed by atoms with Crippen molar-refractivity contribution in [3.05, 3.63) is 0 Å². The van der Waals surface area contributed by atoms with Gasteiger partial charge in [0.2, 0.25) is 0 Å². The zero-order chi connectivity index (χ0) is 13.1. The molecule has 0 rings (SSSR count). The van der Waals surface area contributed by atoms with Crippen LogP contribution in [0.4, 0.5) is 0 Å². The van der Waals surface area contributed by atoms with E-state index >= 15 is 0 Å². The molecule has 0 aromatic carbocycles. The van der Waals surface area contributed by atoms with Gasteiger partial charge in [0.25, 0.3) is 0 Å². The summed E-state index contributed by atoms with van der Waals surface area (Å²) in [7, 11) is -4.17. The number of rotatable bonds is 11. The van der Waals surface area contributed by atoms with Gasteiger partial charge in [-0.3, -0.25) is 0 Å². The van der Waals surface area contributed by atoms with Gasteiger partial charge in [0.15, 0.2) is 0 Å². The summed E-state index contributed by atoms with van der Waals surface area (Å²) in [6.45, 7) is 2.18. The average Bonchev–Trinajstić information content (AvgIpc) is 2.24. The number of aliphatic hydroxyl groups is 1. The summed E-state index contributed by atoms with van der Waals surface area (Å²) in [6.07, 6.45) is 8.21. The van der Waals surface area contributed by atoms with Gasteiger partial charge in [-0.2, -0.15) is 0 Å². The van der Waals surface area contributed by atoms with Crippen LogP contribution in [0.5, 0.6) is 0 Å². The Morgan fingerprint density at radius 3 is 2.00 bits per heavy atom. The van der Waals surface area contributed by atoms with Gasteiger partial charge in [0.1, 0.15) is 0 Å². The molecule has 0 aromatic heterocycles. The number of hydrogen-bond acceptors (Lipinski definition) is 4. The molecule has 0 spiro atoms. The Morgan fingerprint density at radius 2 is 1.50 bits per heavy atom. The Morgan fingerprint density at radius 1 is 1.00 bits per heavy atom. The zero-order valence-electron chi connectivity index (χ0n) is 11.7. The van der Waals surface area contributed by atoms with E-state index in [-0.39, 0.29) is 36.0 Å². The van der Waals surface area contributed by atoms with E-state index in [9.17, 15) is 18.1 Å². The third-order valence-electron chi connectivity index (χ3n) is 2.84. The Labute approximate surface area is 134 Å². The van der Waals surface area contributed by atoms with Crippen molar-refractivity contribution in [1.82, 2.24) is 0 Å². The van der Waals surface area contributed by atoms with Gasteiger partial charge in [-0.05, 0) is 12.8 Å². The number of aliphatic hydroxyl groups excluding tert-OH is 1. The molecule has 0 aromatic rings. The Balaban J connectivity index is 0. The standard InChI is InChI=1S/C12H26O4S.Na/c1-2-3-4-5-6-7-8-9-12(13)10-11-17(14,15)16;/h12-13H,2-11H2,1H3,(H,14,15,16);/q;+1/p-1. The fourth-order valence-corrected chi connectivity index (χ4v) is 2.32. The minimum Gasteiger partial charge on any atom is -0.748 e. The first-order valence-electron chi connectivity index (χ1n) is 6.57. The van der Waals surface area contributed by atoms with Crippen LogP contribution in [0.25, 0.3) is 0 Å². The minimum atomic E-state index is -4.17. The van der Waals surface area contributed by atoms with Crippen molar-refractivity contribution in [2.24, 2.45) is 0 Å². The number of hydrogen-bond donors (Lipinski definition) is 1. The first-order valence-corrected chi connectivity index (χ1v) is 8.15. The van der Waals surface area contributed by atoms with Crippen LogP contribution in [0.1, 0.15) is 64.7 Å². The smallest absolute Gasteiger partial charge is 0.748 e. The molecule has 0 aliphatic heterocycles. The largest absolute Gasteiger partial charge is 1.00 e. The van der Waals surface area contributed by atoms with E-state index in [1.807, 2.05) is 0 Å². The third kappa shape index (κ3) is 16.9. The van der Waals surface area contributed by atoms with E-state index in [1.54, 1.807) is 0 Å². The minimum absolute atomic E-state index is 0. The van der Waals surface area contributed by atoms with Gasteiger partial charge in [-0.25, -0.2) is 8.42 Å². The van der Waals surface area contributed by atoms with Crippen LogP contribution in [0, 0.1) is 0 Å². The predicted octanol–water partition coefficient (Wildman–Crippen LogP) is -0.573. The van der Waals surface area contributed by atoms with Gasteiger partial charge in [-0.1, -0.05) is 51.9 Å². The van der Waals surface area contributed by atoms with Crippen LogP contribution in [0.3, 0.4) is 0 Å². The van der Waals surface area contributed by atoms with Crippen molar-refractivity contribution in [2.45, 2.75) is 70.8 Å². The van der Waals surface area contributed by atoms with Crippen LogP contribution in [-0.2, 0) is 10.1 Å². The van der Waals surface area contributed by atoms with E-state index in [2.05, 4.69) is 6.92 Å². The van der Waals surface area contributed by atoms with E-state index in [0.717, 1.165) is 12.8 Å². The van der Waals surface area contributed by atoms with Crippen molar-refractivity contribution in [3.8, 4) is 0 Å². The van der Waals surface area contributed by atoms with E-state index in [0.29, 0.717) is 6.42 Å². The number of unbranched alkanes of at least 4 members (excludes halogenated alkanes) is 6. The van der Waals surface area contributed by atoms with Gasteiger partial charge in [0, 0.05) is 5.75 Å². The van der Waals surface area contributed by atoms with Crippen molar-refractivity contribution >= 4 is 10.1 Å². The van der Waals surface area contributed by atoms with E-state index in [1.165, 1.54) is 32.1 Å². The first-order chi connectivity index (χ1) is 7.95. The summed E-state index contributed by atoms with van der Waals surface area (Å²) in [6, 6.07) is 0. The Kier molecular flexibility index (Phi) is 15.2. The Bertz CT molecular complexity index is 267. The van der Waals surface area contributed by atoms with Gasteiger partial charge >= 0.3 is 29.6 Å². The molecule has 0 fully saturated rings. The SMILES string of the molecule is CCCCCCCCCC(O)CCS(=O)(=O)[O-].[Na+]. The Hall–Kier alpha value is 0.870. The molecular weight excluding hydrogens is 263 g/mol. The van der Waals surface area contributed by atoms with Crippen molar-refractivity contribution in [2.75, 3.05) is 5.75 Å². The van der Waals surface area contributed by atoms with E-state index < -0.39 is 22.0 Å². The second kappa shape index (κ2) is 12.9. The normalized spacial score (nSPS) is 13.1. The zero-order valence-corrected chi connectivity index (χ0v) is 14.5. The van der Waals surface area contributed by atoms with Crippen molar-refractivity contribution in [1.29, 1.82) is 0 Å². The average molecular weight is 288 g/mol. The van der Waals surface area contributed by atoms with Crippen LogP contribution >= 0.6 is 0 Å². The van der Waals surface area contributed by atoms with Crippen molar-refractivity contribution in [3.63, 3.8) is 0 Å². The molecule has 0 heterocycles. The molecule has 1 N–H and O–H groups in total. The molecule has 104 valence electrons. The predicted molar refractivity (Wildman–Crippen MR) is 67.8 cm³/mol. The van der Waals surface area contributed by atoms with Crippen molar-refractivity contribution < 1.29 is 47.6 Å². The molecule has 0 aliphatic rings. The van der Waals surface area contributed by atoms with Crippen LogP contribution in [0.15, 0.2) is 0 Å². The summed E-state index contributed by atoms with van der Waals surface area (Å²) in [5.74, 6) is -0.454. The summed E-state index contributed by atoms with van der Waals surface area (Å²) >= 11 is 0. The molecule has 0 bridgehead atoms. The third-order valence-corrected chi connectivity index (χ3v) is 3.58. The molecule has 0 radical (unpaired) electrons. The fourth-order valence-electron chi connectivity index (χ4n) is 1.76. The van der Waals surface area contributed by atoms with Crippen LogP contribution in [0.2, 0.25) is 0 Å². The fraction of sp³-hybridized carbons (Fsp3) is 1.00. The second-order valence-electron chi connectivity index (χ2n) is 4.61. The maximum atomic E-state index is 10.3. The molecule has 1 atom stereocenters. The molecule has 1 unspecified atom stereocenters. The maximum Gasteiger partial charge on any atom is 1.00 e. The summed E-state index contributed by atoms with van der Waals surface area (Å²) < 4.78 is 31.0. The molecule has 0 saturated heterocycles. The van der Waals surface area contributed by atoms with E-state index in [4.69, 9.17) is 0 Å². The summed E-state index contributed by atoms with van der Waals surface area (Å²) in [5, 5.41) is 9.45. The summed E-state index contributed by atoms with van der Waals surface area (Å²) in [5.41, 5.74) is 0. The van der Waals surface area contributed by atoms with Gasteiger partial charge < -0.3 is 9.66 Å². The van der Waals surface area contributed by atoms with Gasteiger partial charge in [-0.15, -0.1) is 0 Å². The molecule has 4 nitrogen and oxygen atoms in total. The van der Waals surface area contributed by atoms with Gasteiger partial charge in [0.05, 0.1) is 16.2 Å². The summed E-state index contributed by atoms with van der Waals surface area (Å²) in [4.78, 5) is 0. The maximum absolute atomic E-state index is 10.3. The topological polar surface area (TPSA) is 77.4 Å².